The van der Waals surface area contributed by atoms with E-state index >= 15 is 0 Å². The summed E-state index contributed by atoms with van der Waals surface area (Å²) in [5.74, 6) is -4.25. The highest BCUT2D eigenvalue weighted by Gasteiger charge is 2.29. The minimum absolute atomic E-state index is 0.208. The molecule has 0 bridgehead atoms. The van der Waals surface area contributed by atoms with Crippen LogP contribution in [0, 0.1) is 11.6 Å². The van der Waals surface area contributed by atoms with Gasteiger partial charge in [-0.15, -0.1) is 0 Å². The number of halogens is 2. The summed E-state index contributed by atoms with van der Waals surface area (Å²) < 4.78 is 26.6. The number of unbranched alkanes of at least 4 members (excludes halogenated alkanes) is 3. The minimum atomic E-state index is -1.31. The van der Waals surface area contributed by atoms with Crippen LogP contribution in [0.3, 0.4) is 0 Å². The van der Waals surface area contributed by atoms with Gasteiger partial charge in [0.05, 0.1) is 0 Å². The van der Waals surface area contributed by atoms with Gasteiger partial charge in [0.25, 0.3) is 0 Å². The maximum Gasteiger partial charge on any atom is 0.243 e. The molecule has 0 atom stereocenters. The minimum Gasteiger partial charge on any atom is -0.326 e. The van der Waals surface area contributed by atoms with Crippen molar-refractivity contribution in [3.8, 4) is 0 Å². The van der Waals surface area contributed by atoms with Crippen LogP contribution in [0.15, 0.2) is 72.8 Å². The summed E-state index contributed by atoms with van der Waals surface area (Å²) in [7, 11) is 0. The quantitative estimate of drug-likeness (QED) is 0.0869. The molecule has 0 fully saturated rings. The molecule has 5 N–H and O–H groups in total. The Bertz CT molecular complexity index is 1240. The van der Waals surface area contributed by atoms with Crippen molar-refractivity contribution in [2.24, 2.45) is 0 Å². The Morgan fingerprint density at radius 3 is 1.43 bits per heavy atom. The first-order chi connectivity index (χ1) is 19.2. The van der Waals surface area contributed by atoms with Gasteiger partial charge in [0.2, 0.25) is 23.6 Å². The molecule has 0 heterocycles. The lowest BCUT2D eigenvalue weighted by atomic mass is 9.96. The van der Waals surface area contributed by atoms with Gasteiger partial charge in [-0.3, -0.25) is 24.4 Å². The molecule has 210 valence electrons. The van der Waals surface area contributed by atoms with E-state index in [0.717, 1.165) is 12.8 Å². The molecule has 0 saturated carbocycles. The molecular formula is C29H30F2N4O5. The molecule has 0 spiro atoms. The van der Waals surface area contributed by atoms with E-state index in [9.17, 15) is 28.0 Å². The fourth-order valence-corrected chi connectivity index (χ4v) is 3.88. The van der Waals surface area contributed by atoms with Crippen LogP contribution in [0.1, 0.15) is 50.0 Å². The number of hydroxylamine groups is 1. The number of anilines is 3. The van der Waals surface area contributed by atoms with Gasteiger partial charge in [-0.25, -0.2) is 14.3 Å². The van der Waals surface area contributed by atoms with Crippen molar-refractivity contribution in [3.05, 3.63) is 90.0 Å². The third-order valence-electron chi connectivity index (χ3n) is 5.96. The Kier molecular flexibility index (Phi) is 11.3. The van der Waals surface area contributed by atoms with E-state index in [-0.39, 0.29) is 18.7 Å². The van der Waals surface area contributed by atoms with Crippen molar-refractivity contribution >= 4 is 40.7 Å². The standard InChI is InChI=1S/C29H30F2N4O5/c30-20-9-15-23(16-10-20)33-28(38)27(29(39)34-24-17-11-21(31)12-18-24)19-7-13-22(14-8-19)32-25(36)5-3-1-2-4-6-26(37)35-40/h7-18,27,40H,1-6H2,(H,32,36)(H,33,38)(H,34,39)(H,35,37). The second-order valence-corrected chi connectivity index (χ2v) is 9.04. The highest BCUT2D eigenvalue weighted by molar-refractivity contribution is 6.15. The van der Waals surface area contributed by atoms with E-state index < -0.39 is 35.3 Å². The summed E-state index contributed by atoms with van der Waals surface area (Å²) in [5, 5.41) is 16.5. The molecule has 0 aliphatic rings. The Morgan fingerprint density at radius 2 is 0.975 bits per heavy atom. The van der Waals surface area contributed by atoms with Gasteiger partial charge >= 0.3 is 0 Å². The smallest absolute Gasteiger partial charge is 0.243 e. The summed E-state index contributed by atoms with van der Waals surface area (Å²) in [5.41, 5.74) is 2.99. The molecule has 0 unspecified atom stereocenters. The number of amides is 4. The molecule has 0 aliphatic carbocycles. The maximum absolute atomic E-state index is 13.3. The third kappa shape index (κ3) is 9.59. The molecule has 0 radical (unpaired) electrons. The lowest BCUT2D eigenvalue weighted by Crippen LogP contribution is -2.32. The van der Waals surface area contributed by atoms with Gasteiger partial charge < -0.3 is 16.0 Å². The number of carbonyl (C=O) groups is 4. The second kappa shape index (κ2) is 15.1. The summed E-state index contributed by atoms with van der Waals surface area (Å²) in [6, 6.07) is 16.4. The van der Waals surface area contributed by atoms with Gasteiger partial charge in [0.15, 0.2) is 0 Å². The average molecular weight is 553 g/mol. The number of benzene rings is 3. The first-order valence-electron chi connectivity index (χ1n) is 12.7. The SMILES string of the molecule is O=C(CCCCCCC(=O)Nc1ccc(C(C(=O)Nc2ccc(F)cc2)C(=O)Nc2ccc(F)cc2)cc1)NO. The molecule has 3 aromatic rings. The first kappa shape index (κ1) is 29.9. The van der Waals surface area contributed by atoms with E-state index in [1.54, 1.807) is 29.7 Å². The molecule has 0 aromatic heterocycles. The largest absolute Gasteiger partial charge is 0.326 e. The van der Waals surface area contributed by atoms with Crippen molar-refractivity contribution < 1.29 is 33.2 Å². The summed E-state index contributed by atoms with van der Waals surface area (Å²) in [6.45, 7) is 0. The van der Waals surface area contributed by atoms with Gasteiger partial charge in [0, 0.05) is 29.9 Å². The lowest BCUT2D eigenvalue weighted by Gasteiger charge is -2.18. The number of rotatable bonds is 13. The average Bonchev–Trinajstić information content (AvgIpc) is 2.94. The van der Waals surface area contributed by atoms with Crippen LogP contribution in [0.4, 0.5) is 25.8 Å². The van der Waals surface area contributed by atoms with Crippen LogP contribution in [0.25, 0.3) is 0 Å². The highest BCUT2D eigenvalue weighted by atomic mass is 19.1. The fourth-order valence-electron chi connectivity index (χ4n) is 3.88. The Morgan fingerprint density at radius 1 is 0.575 bits per heavy atom. The number of hydrogen-bond acceptors (Lipinski definition) is 5. The van der Waals surface area contributed by atoms with E-state index in [1.807, 2.05) is 0 Å². The molecule has 9 nitrogen and oxygen atoms in total. The Hall–Kier alpha value is -4.64. The van der Waals surface area contributed by atoms with Crippen LogP contribution < -0.4 is 21.4 Å². The first-order valence-corrected chi connectivity index (χ1v) is 12.7. The van der Waals surface area contributed by atoms with Crippen molar-refractivity contribution in [2.45, 2.75) is 44.4 Å². The fraction of sp³-hybridized carbons (Fsp3) is 0.241. The molecule has 3 rings (SSSR count). The molecule has 3 aromatic carbocycles. The van der Waals surface area contributed by atoms with Crippen molar-refractivity contribution in [1.29, 1.82) is 0 Å². The summed E-state index contributed by atoms with van der Waals surface area (Å²) in [4.78, 5) is 49.6. The molecular weight excluding hydrogens is 522 g/mol. The monoisotopic (exact) mass is 552 g/mol. The van der Waals surface area contributed by atoms with Crippen LogP contribution >= 0.6 is 0 Å². The normalized spacial score (nSPS) is 10.6. The van der Waals surface area contributed by atoms with E-state index in [1.165, 1.54) is 48.5 Å². The number of hydrogen-bond donors (Lipinski definition) is 5. The van der Waals surface area contributed by atoms with Crippen LogP contribution in [-0.4, -0.2) is 28.8 Å². The van der Waals surface area contributed by atoms with Gasteiger partial charge in [-0.1, -0.05) is 25.0 Å². The van der Waals surface area contributed by atoms with Crippen molar-refractivity contribution in [3.63, 3.8) is 0 Å². The van der Waals surface area contributed by atoms with Crippen molar-refractivity contribution in [2.75, 3.05) is 16.0 Å². The highest BCUT2D eigenvalue weighted by Crippen LogP contribution is 2.24. The molecule has 4 amide bonds. The molecule has 0 aliphatic heterocycles. The number of carbonyl (C=O) groups excluding carboxylic acids is 4. The Balaban J connectivity index is 1.64. The predicted octanol–water partition coefficient (Wildman–Crippen LogP) is 5.11. The molecule has 0 saturated heterocycles. The maximum atomic E-state index is 13.3. The molecule has 11 heteroatoms. The zero-order chi connectivity index (χ0) is 28.9. The summed E-state index contributed by atoms with van der Waals surface area (Å²) in [6.07, 6.45) is 3.23. The zero-order valence-corrected chi connectivity index (χ0v) is 21.6. The Labute approximate surface area is 229 Å². The van der Waals surface area contributed by atoms with Crippen molar-refractivity contribution in [1.82, 2.24) is 5.48 Å². The second-order valence-electron chi connectivity index (χ2n) is 9.04. The third-order valence-corrected chi connectivity index (χ3v) is 5.96. The van der Waals surface area contributed by atoms with Crippen LogP contribution in [0.2, 0.25) is 0 Å². The van der Waals surface area contributed by atoms with Gasteiger partial charge in [0.1, 0.15) is 17.6 Å². The predicted molar refractivity (Wildman–Crippen MR) is 146 cm³/mol. The van der Waals surface area contributed by atoms with E-state index in [4.69, 9.17) is 5.21 Å². The number of nitrogens with one attached hydrogen (secondary N) is 4. The van der Waals surface area contributed by atoms with Crippen LogP contribution in [-0.2, 0) is 19.2 Å². The van der Waals surface area contributed by atoms with E-state index in [0.29, 0.717) is 35.5 Å². The zero-order valence-electron chi connectivity index (χ0n) is 21.6. The van der Waals surface area contributed by atoms with Gasteiger partial charge in [-0.2, -0.15) is 0 Å². The lowest BCUT2D eigenvalue weighted by molar-refractivity contribution is -0.129. The van der Waals surface area contributed by atoms with Gasteiger partial charge in [-0.05, 0) is 79.1 Å². The molecule has 40 heavy (non-hydrogen) atoms. The topological polar surface area (TPSA) is 137 Å². The van der Waals surface area contributed by atoms with E-state index in [2.05, 4.69) is 16.0 Å². The summed E-state index contributed by atoms with van der Waals surface area (Å²) >= 11 is 0. The van der Waals surface area contributed by atoms with Crippen LogP contribution in [0.5, 0.6) is 0 Å².